The summed E-state index contributed by atoms with van der Waals surface area (Å²) in [4.78, 5) is 21.2. The van der Waals surface area contributed by atoms with Crippen molar-refractivity contribution in [3.8, 4) is 5.75 Å². The third kappa shape index (κ3) is 9.55. The van der Waals surface area contributed by atoms with Gasteiger partial charge in [0.1, 0.15) is 11.9 Å². The molecule has 0 fully saturated rings. The molecule has 0 aromatic heterocycles. The van der Waals surface area contributed by atoms with Gasteiger partial charge >= 0.3 is 11.9 Å². The van der Waals surface area contributed by atoms with E-state index in [9.17, 15) is 14.7 Å². The van der Waals surface area contributed by atoms with E-state index in [0.29, 0.717) is 18.8 Å². The van der Waals surface area contributed by atoms with Gasteiger partial charge in [0.25, 0.3) is 0 Å². The number of phenolic OH excluding ortho intramolecular Hbond substituents is 1. The number of phenols is 1. The lowest BCUT2D eigenvalue weighted by molar-refractivity contribution is -0.134. The molecule has 0 amide bonds. The Morgan fingerprint density at radius 1 is 1.03 bits per heavy atom. The largest absolute Gasteiger partial charge is 0.508 e. The molecule has 0 saturated carbocycles. The number of benzene rings is 2. The van der Waals surface area contributed by atoms with E-state index in [4.69, 9.17) is 14.9 Å². The molecule has 0 aliphatic rings. The Kier molecular flexibility index (Phi) is 10.2. The lowest BCUT2D eigenvalue weighted by Crippen LogP contribution is -2.20. The molecule has 1 unspecified atom stereocenters. The highest BCUT2D eigenvalue weighted by Crippen LogP contribution is 2.30. The van der Waals surface area contributed by atoms with Crippen molar-refractivity contribution >= 4 is 11.9 Å². The first-order chi connectivity index (χ1) is 13.7. The molecular weight excluding hydrogens is 374 g/mol. The molecule has 0 bridgehead atoms. The molecule has 0 heterocycles. The van der Waals surface area contributed by atoms with E-state index in [-0.39, 0.29) is 11.9 Å². The van der Waals surface area contributed by atoms with Gasteiger partial charge in [0.05, 0.1) is 6.61 Å². The lowest BCUT2D eigenvalue weighted by atomic mass is 9.97. The summed E-state index contributed by atoms with van der Waals surface area (Å²) in [6, 6.07) is 15.6. The molecule has 2 rings (SSSR count). The molecule has 3 N–H and O–H groups in total. The molecule has 0 radical (unpaired) electrons. The second-order valence-electron chi connectivity index (χ2n) is 6.52. The number of rotatable bonds is 8. The van der Waals surface area contributed by atoms with Crippen molar-refractivity contribution in [2.75, 3.05) is 27.2 Å². The van der Waals surface area contributed by atoms with Crippen LogP contribution in [0, 0.1) is 6.92 Å². The zero-order valence-corrected chi connectivity index (χ0v) is 16.8. The number of nitrogens with zero attached hydrogens (tertiary/aromatic N) is 1. The molecule has 7 heteroatoms. The minimum absolute atomic E-state index is 0.154. The summed E-state index contributed by atoms with van der Waals surface area (Å²) in [5.41, 5.74) is 3.23. The second-order valence-corrected chi connectivity index (χ2v) is 6.52. The summed E-state index contributed by atoms with van der Waals surface area (Å²) in [6.45, 7) is 3.54. The van der Waals surface area contributed by atoms with Crippen molar-refractivity contribution in [1.82, 2.24) is 4.90 Å². The van der Waals surface area contributed by atoms with Crippen LogP contribution in [0.4, 0.5) is 0 Å². The number of aromatic hydroxyl groups is 1. The summed E-state index contributed by atoms with van der Waals surface area (Å²) in [7, 11) is 4.06. The van der Waals surface area contributed by atoms with Gasteiger partial charge in [0, 0.05) is 18.7 Å². The zero-order chi connectivity index (χ0) is 21.8. The Hall–Kier alpha value is -3.16. The first kappa shape index (κ1) is 23.9. The average molecular weight is 401 g/mol. The molecule has 0 aliphatic heterocycles. The van der Waals surface area contributed by atoms with Crippen LogP contribution in [0.2, 0.25) is 0 Å². The topological polar surface area (TPSA) is 107 Å². The van der Waals surface area contributed by atoms with Crippen LogP contribution in [0.5, 0.6) is 5.75 Å². The molecule has 29 heavy (non-hydrogen) atoms. The molecule has 1 atom stereocenters. The Morgan fingerprint density at radius 2 is 1.62 bits per heavy atom. The summed E-state index contributed by atoms with van der Waals surface area (Å²) < 4.78 is 6.11. The highest BCUT2D eigenvalue weighted by Gasteiger charge is 2.17. The minimum atomic E-state index is -1.26. The maximum absolute atomic E-state index is 9.78. The minimum Gasteiger partial charge on any atom is -0.508 e. The van der Waals surface area contributed by atoms with Crippen LogP contribution in [-0.2, 0) is 14.3 Å². The Labute approximate surface area is 170 Å². The SMILES string of the molecule is Cc1ccc(O)cc1C(OCCN(C)C)c1ccccc1.O=C(O)/C=C/C(=O)O. The van der Waals surface area contributed by atoms with E-state index < -0.39 is 11.9 Å². The normalized spacial score (nSPS) is 11.7. The number of hydrogen-bond donors (Lipinski definition) is 3. The summed E-state index contributed by atoms with van der Waals surface area (Å²) in [5, 5.41) is 25.4. The number of carbonyl (C=O) groups is 2. The van der Waals surface area contributed by atoms with Crippen LogP contribution >= 0.6 is 0 Å². The predicted molar refractivity (Wildman–Crippen MR) is 110 cm³/mol. The first-order valence-corrected chi connectivity index (χ1v) is 8.95. The fraction of sp³-hybridized carbons (Fsp3) is 0.273. The number of hydrogen-bond acceptors (Lipinski definition) is 5. The number of aliphatic carboxylic acids is 2. The standard InChI is InChI=1S/C18H23NO2.C4H4O4/c1-14-9-10-16(20)13-17(14)18(21-12-11-19(2)3)15-7-5-4-6-8-15;5-3(6)1-2-4(7)8/h4-10,13,18,20H,11-12H2,1-3H3;1-2H,(H,5,6)(H,7,8)/b;2-1+. The van der Waals surface area contributed by atoms with E-state index in [1.54, 1.807) is 12.1 Å². The van der Waals surface area contributed by atoms with E-state index in [2.05, 4.69) is 17.0 Å². The number of aryl methyl sites for hydroxylation is 1. The fourth-order valence-corrected chi connectivity index (χ4v) is 2.40. The van der Waals surface area contributed by atoms with E-state index >= 15 is 0 Å². The third-order valence-electron chi connectivity index (χ3n) is 3.84. The molecule has 0 aliphatic carbocycles. The summed E-state index contributed by atoms with van der Waals surface area (Å²) in [5.74, 6) is -2.24. The molecule has 7 nitrogen and oxygen atoms in total. The fourth-order valence-electron chi connectivity index (χ4n) is 2.40. The molecule has 2 aromatic carbocycles. The summed E-state index contributed by atoms with van der Waals surface area (Å²) in [6.07, 6.45) is 0.961. The van der Waals surface area contributed by atoms with Crippen molar-refractivity contribution in [2.45, 2.75) is 13.0 Å². The number of carboxylic acid groups (broad SMARTS) is 2. The third-order valence-corrected chi connectivity index (χ3v) is 3.84. The van der Waals surface area contributed by atoms with Gasteiger partial charge < -0.3 is 25.0 Å². The van der Waals surface area contributed by atoms with Crippen molar-refractivity contribution in [3.05, 3.63) is 77.4 Å². The smallest absolute Gasteiger partial charge is 0.328 e. The van der Waals surface area contributed by atoms with Crippen LogP contribution in [0.3, 0.4) is 0 Å². The van der Waals surface area contributed by atoms with Crippen molar-refractivity contribution in [3.63, 3.8) is 0 Å². The molecule has 2 aromatic rings. The maximum Gasteiger partial charge on any atom is 0.328 e. The number of ether oxygens (including phenoxy) is 1. The highest BCUT2D eigenvalue weighted by atomic mass is 16.5. The van der Waals surface area contributed by atoms with Crippen molar-refractivity contribution < 1.29 is 29.6 Å². The van der Waals surface area contributed by atoms with Gasteiger partial charge in [-0.05, 0) is 49.8 Å². The molecular formula is C22H27NO6. The van der Waals surface area contributed by atoms with E-state index in [1.807, 2.05) is 45.3 Å². The second kappa shape index (κ2) is 12.3. The van der Waals surface area contributed by atoms with Gasteiger partial charge in [0.15, 0.2) is 0 Å². The average Bonchev–Trinajstić information content (AvgIpc) is 2.67. The Balaban J connectivity index is 0.000000447. The Bertz CT molecular complexity index is 801. The molecule has 156 valence electrons. The number of carboxylic acids is 2. The van der Waals surface area contributed by atoms with Gasteiger partial charge in [-0.15, -0.1) is 0 Å². The highest BCUT2D eigenvalue weighted by molar-refractivity contribution is 5.89. The van der Waals surface area contributed by atoms with Gasteiger partial charge in [-0.3, -0.25) is 0 Å². The van der Waals surface area contributed by atoms with Crippen LogP contribution in [0.15, 0.2) is 60.7 Å². The summed E-state index contributed by atoms with van der Waals surface area (Å²) >= 11 is 0. The number of likely N-dealkylation sites (N-methyl/N-ethyl adjacent to an activating group) is 1. The van der Waals surface area contributed by atoms with Gasteiger partial charge in [-0.1, -0.05) is 36.4 Å². The Morgan fingerprint density at radius 3 is 2.14 bits per heavy atom. The first-order valence-electron chi connectivity index (χ1n) is 8.95. The van der Waals surface area contributed by atoms with Crippen LogP contribution in [0.1, 0.15) is 22.8 Å². The van der Waals surface area contributed by atoms with Crippen LogP contribution in [-0.4, -0.2) is 59.4 Å². The zero-order valence-electron chi connectivity index (χ0n) is 16.8. The van der Waals surface area contributed by atoms with Gasteiger partial charge in [-0.2, -0.15) is 0 Å². The van der Waals surface area contributed by atoms with E-state index in [0.717, 1.165) is 23.2 Å². The van der Waals surface area contributed by atoms with Crippen LogP contribution < -0.4 is 0 Å². The lowest BCUT2D eigenvalue weighted by Gasteiger charge is -2.22. The maximum atomic E-state index is 9.78. The quantitative estimate of drug-likeness (QED) is 0.584. The van der Waals surface area contributed by atoms with Gasteiger partial charge in [-0.25, -0.2) is 9.59 Å². The van der Waals surface area contributed by atoms with Crippen molar-refractivity contribution in [2.24, 2.45) is 0 Å². The predicted octanol–water partition coefficient (Wildman–Crippen LogP) is 3.08. The molecule has 0 saturated heterocycles. The monoisotopic (exact) mass is 401 g/mol. The van der Waals surface area contributed by atoms with Crippen LogP contribution in [0.25, 0.3) is 0 Å². The van der Waals surface area contributed by atoms with Gasteiger partial charge in [0.2, 0.25) is 0 Å². The van der Waals surface area contributed by atoms with Crippen molar-refractivity contribution in [1.29, 1.82) is 0 Å². The van der Waals surface area contributed by atoms with E-state index in [1.165, 1.54) is 0 Å². The molecule has 0 spiro atoms.